The van der Waals surface area contributed by atoms with Crippen LogP contribution in [0, 0.1) is 5.82 Å². The van der Waals surface area contributed by atoms with Gasteiger partial charge in [0.1, 0.15) is 5.82 Å². The van der Waals surface area contributed by atoms with Crippen LogP contribution in [0.2, 0.25) is 5.02 Å². The van der Waals surface area contributed by atoms with Gasteiger partial charge in [0.2, 0.25) is 0 Å². The summed E-state index contributed by atoms with van der Waals surface area (Å²) in [4.78, 5) is 11.7. The average Bonchev–Trinajstić information content (AvgIpc) is 2.74. The zero-order valence-corrected chi connectivity index (χ0v) is 9.35. The standard InChI is InChI=1S/C11H12ClFN2O/c12-7-1-2-10(13)9(5-7)11(16)15-8-3-4-14-6-8/h1-2,5,8,14H,3-4,6H2,(H,15,16). The predicted octanol–water partition coefficient (Wildman–Crippen LogP) is 1.57. The van der Waals surface area contributed by atoms with E-state index in [0.717, 1.165) is 19.5 Å². The summed E-state index contributed by atoms with van der Waals surface area (Å²) in [5.74, 6) is -0.957. The lowest BCUT2D eigenvalue weighted by Crippen LogP contribution is -2.36. The van der Waals surface area contributed by atoms with Crippen molar-refractivity contribution in [1.82, 2.24) is 10.6 Å². The topological polar surface area (TPSA) is 41.1 Å². The number of carbonyl (C=O) groups excluding carboxylic acids is 1. The van der Waals surface area contributed by atoms with Crippen LogP contribution in [0.4, 0.5) is 4.39 Å². The van der Waals surface area contributed by atoms with Gasteiger partial charge in [0.15, 0.2) is 0 Å². The third kappa shape index (κ3) is 2.51. The van der Waals surface area contributed by atoms with E-state index in [9.17, 15) is 9.18 Å². The van der Waals surface area contributed by atoms with Crippen molar-refractivity contribution in [3.8, 4) is 0 Å². The molecule has 0 spiro atoms. The normalized spacial score (nSPS) is 19.8. The monoisotopic (exact) mass is 242 g/mol. The second-order valence-corrected chi connectivity index (χ2v) is 4.22. The molecule has 86 valence electrons. The van der Waals surface area contributed by atoms with E-state index in [4.69, 9.17) is 11.6 Å². The number of hydrogen-bond donors (Lipinski definition) is 2. The summed E-state index contributed by atoms with van der Waals surface area (Å²) >= 11 is 5.72. The molecule has 1 saturated heterocycles. The van der Waals surface area contributed by atoms with E-state index in [1.165, 1.54) is 18.2 Å². The Balaban J connectivity index is 2.10. The van der Waals surface area contributed by atoms with Crippen LogP contribution < -0.4 is 10.6 Å². The first-order valence-corrected chi connectivity index (χ1v) is 5.51. The molecule has 1 aliphatic heterocycles. The molecule has 0 bridgehead atoms. The Morgan fingerprint density at radius 2 is 2.38 bits per heavy atom. The maximum absolute atomic E-state index is 13.4. The van der Waals surface area contributed by atoms with E-state index >= 15 is 0 Å². The Bertz CT molecular complexity index is 405. The number of rotatable bonds is 2. The summed E-state index contributed by atoms with van der Waals surface area (Å²) in [6.45, 7) is 1.61. The summed E-state index contributed by atoms with van der Waals surface area (Å²) in [6, 6.07) is 4.04. The molecule has 1 aromatic rings. The zero-order chi connectivity index (χ0) is 11.5. The molecule has 0 aliphatic carbocycles. The number of halogens is 2. The Hall–Kier alpha value is -1.13. The van der Waals surface area contributed by atoms with Crippen LogP contribution in [0.3, 0.4) is 0 Å². The zero-order valence-electron chi connectivity index (χ0n) is 8.59. The van der Waals surface area contributed by atoms with Gasteiger partial charge in [0, 0.05) is 17.6 Å². The highest BCUT2D eigenvalue weighted by Crippen LogP contribution is 2.15. The van der Waals surface area contributed by atoms with Gasteiger partial charge in [-0.05, 0) is 31.2 Å². The summed E-state index contributed by atoms with van der Waals surface area (Å²) in [7, 11) is 0. The Morgan fingerprint density at radius 1 is 1.56 bits per heavy atom. The molecule has 0 saturated carbocycles. The third-order valence-electron chi connectivity index (χ3n) is 2.57. The number of hydrogen-bond acceptors (Lipinski definition) is 2. The van der Waals surface area contributed by atoms with Crippen molar-refractivity contribution in [1.29, 1.82) is 0 Å². The highest BCUT2D eigenvalue weighted by Gasteiger charge is 2.19. The fraction of sp³-hybridized carbons (Fsp3) is 0.364. The molecule has 1 atom stereocenters. The summed E-state index contributed by atoms with van der Waals surface area (Å²) < 4.78 is 13.4. The molecule has 1 aliphatic rings. The molecule has 16 heavy (non-hydrogen) atoms. The largest absolute Gasteiger partial charge is 0.348 e. The minimum absolute atomic E-state index is 0.000556. The highest BCUT2D eigenvalue weighted by atomic mass is 35.5. The minimum atomic E-state index is -0.548. The van der Waals surface area contributed by atoms with E-state index in [0.29, 0.717) is 5.02 Å². The molecule has 5 heteroatoms. The molecule has 1 unspecified atom stereocenters. The highest BCUT2D eigenvalue weighted by molar-refractivity contribution is 6.31. The van der Waals surface area contributed by atoms with Gasteiger partial charge in [-0.2, -0.15) is 0 Å². The lowest BCUT2D eigenvalue weighted by molar-refractivity contribution is 0.0936. The van der Waals surface area contributed by atoms with Crippen molar-refractivity contribution >= 4 is 17.5 Å². The molecule has 0 radical (unpaired) electrons. The van der Waals surface area contributed by atoms with Crippen molar-refractivity contribution in [3.05, 3.63) is 34.6 Å². The number of amides is 1. The van der Waals surface area contributed by atoms with Crippen molar-refractivity contribution in [3.63, 3.8) is 0 Å². The van der Waals surface area contributed by atoms with Gasteiger partial charge in [-0.1, -0.05) is 11.6 Å². The molecule has 2 rings (SSSR count). The third-order valence-corrected chi connectivity index (χ3v) is 2.80. The molecule has 1 heterocycles. The fourth-order valence-electron chi connectivity index (χ4n) is 1.71. The summed E-state index contributed by atoms with van der Waals surface area (Å²) in [6.07, 6.45) is 0.869. The second-order valence-electron chi connectivity index (χ2n) is 3.79. The van der Waals surface area contributed by atoms with Crippen LogP contribution >= 0.6 is 11.6 Å². The number of carbonyl (C=O) groups is 1. The van der Waals surface area contributed by atoms with Gasteiger partial charge in [-0.25, -0.2) is 4.39 Å². The van der Waals surface area contributed by atoms with Crippen molar-refractivity contribution < 1.29 is 9.18 Å². The second kappa shape index (κ2) is 4.80. The van der Waals surface area contributed by atoms with Crippen LogP contribution in [0.15, 0.2) is 18.2 Å². The van der Waals surface area contributed by atoms with Gasteiger partial charge in [-0.3, -0.25) is 4.79 Å². The number of nitrogens with one attached hydrogen (secondary N) is 2. The quantitative estimate of drug-likeness (QED) is 0.827. The van der Waals surface area contributed by atoms with Crippen molar-refractivity contribution in [2.24, 2.45) is 0 Å². The van der Waals surface area contributed by atoms with Crippen molar-refractivity contribution in [2.45, 2.75) is 12.5 Å². The minimum Gasteiger partial charge on any atom is -0.348 e. The lowest BCUT2D eigenvalue weighted by atomic mass is 10.1. The van der Waals surface area contributed by atoms with E-state index < -0.39 is 11.7 Å². The van der Waals surface area contributed by atoms with Crippen LogP contribution in [-0.4, -0.2) is 25.0 Å². The lowest BCUT2D eigenvalue weighted by Gasteiger charge is -2.11. The summed E-state index contributed by atoms with van der Waals surface area (Å²) in [5.41, 5.74) is -0.000556. The van der Waals surface area contributed by atoms with Crippen LogP contribution in [0.5, 0.6) is 0 Å². The first-order chi connectivity index (χ1) is 7.66. The van der Waals surface area contributed by atoms with E-state index in [2.05, 4.69) is 10.6 Å². The molecule has 2 N–H and O–H groups in total. The molecular weight excluding hydrogens is 231 g/mol. The first-order valence-electron chi connectivity index (χ1n) is 5.13. The van der Waals surface area contributed by atoms with Gasteiger partial charge < -0.3 is 10.6 Å². The summed E-state index contributed by atoms with van der Waals surface area (Å²) in [5, 5.41) is 6.24. The molecule has 0 aromatic heterocycles. The van der Waals surface area contributed by atoms with Crippen LogP contribution in [0.25, 0.3) is 0 Å². The predicted molar refractivity (Wildman–Crippen MR) is 60.2 cm³/mol. The van der Waals surface area contributed by atoms with Gasteiger partial charge in [0.25, 0.3) is 5.91 Å². The van der Waals surface area contributed by atoms with Gasteiger partial charge in [0.05, 0.1) is 5.56 Å². The number of benzene rings is 1. The van der Waals surface area contributed by atoms with E-state index in [1.54, 1.807) is 0 Å². The Morgan fingerprint density at radius 3 is 3.06 bits per heavy atom. The first kappa shape index (κ1) is 11.4. The van der Waals surface area contributed by atoms with Crippen LogP contribution in [0.1, 0.15) is 16.8 Å². The van der Waals surface area contributed by atoms with Crippen molar-refractivity contribution in [2.75, 3.05) is 13.1 Å². The molecular formula is C11H12ClFN2O. The van der Waals surface area contributed by atoms with Gasteiger partial charge >= 0.3 is 0 Å². The Labute approximate surface area is 98.0 Å². The Kier molecular flexibility index (Phi) is 3.41. The van der Waals surface area contributed by atoms with Crippen LogP contribution in [-0.2, 0) is 0 Å². The van der Waals surface area contributed by atoms with E-state index in [-0.39, 0.29) is 11.6 Å². The average molecular weight is 243 g/mol. The fourth-order valence-corrected chi connectivity index (χ4v) is 1.88. The molecule has 1 amide bonds. The maximum atomic E-state index is 13.4. The van der Waals surface area contributed by atoms with Gasteiger partial charge in [-0.15, -0.1) is 0 Å². The smallest absolute Gasteiger partial charge is 0.254 e. The SMILES string of the molecule is O=C(NC1CCNC1)c1cc(Cl)ccc1F. The van der Waals surface area contributed by atoms with E-state index in [1.807, 2.05) is 0 Å². The maximum Gasteiger partial charge on any atom is 0.254 e. The molecule has 3 nitrogen and oxygen atoms in total. The molecule has 1 fully saturated rings. The molecule has 1 aromatic carbocycles.